The highest BCUT2D eigenvalue weighted by Gasteiger charge is 2.26. The van der Waals surface area contributed by atoms with Gasteiger partial charge < -0.3 is 10.8 Å². The zero-order chi connectivity index (χ0) is 12.1. The fourth-order valence-corrected chi connectivity index (χ4v) is 2.49. The number of piperazine rings is 1. The number of nitrogens with zero attached hydrogens (tertiary/aromatic N) is 2. The van der Waals surface area contributed by atoms with Gasteiger partial charge in [-0.15, -0.1) is 0 Å². The molecule has 16 heavy (non-hydrogen) atoms. The van der Waals surface area contributed by atoms with Gasteiger partial charge in [0.2, 0.25) is 0 Å². The molecule has 0 radical (unpaired) electrons. The molecule has 4 nitrogen and oxygen atoms in total. The van der Waals surface area contributed by atoms with E-state index in [2.05, 4.69) is 23.6 Å². The van der Waals surface area contributed by atoms with Crippen LogP contribution >= 0.6 is 0 Å². The van der Waals surface area contributed by atoms with Crippen LogP contribution in [0.5, 0.6) is 0 Å². The van der Waals surface area contributed by atoms with E-state index in [1.165, 1.54) is 0 Å². The maximum atomic E-state index is 9.40. The summed E-state index contributed by atoms with van der Waals surface area (Å²) in [5.41, 5.74) is 5.86. The van der Waals surface area contributed by atoms with Gasteiger partial charge in [-0.1, -0.05) is 6.92 Å². The standard InChI is InChI=1S/C12H27N3O/c1-4-12-9-14(8-11(3)16)5-6-15(12)7-10(2)13/h10-12,16H,4-9,13H2,1-3H3. The molecule has 1 saturated heterocycles. The highest BCUT2D eigenvalue weighted by Crippen LogP contribution is 2.13. The van der Waals surface area contributed by atoms with Crippen molar-refractivity contribution < 1.29 is 5.11 Å². The van der Waals surface area contributed by atoms with Crippen molar-refractivity contribution in [2.45, 2.75) is 45.4 Å². The van der Waals surface area contributed by atoms with E-state index in [-0.39, 0.29) is 12.1 Å². The predicted molar refractivity (Wildman–Crippen MR) is 67.4 cm³/mol. The van der Waals surface area contributed by atoms with Gasteiger partial charge in [-0.2, -0.15) is 0 Å². The van der Waals surface area contributed by atoms with Crippen molar-refractivity contribution in [1.82, 2.24) is 9.80 Å². The molecule has 0 aromatic heterocycles. The fourth-order valence-electron chi connectivity index (χ4n) is 2.49. The largest absolute Gasteiger partial charge is 0.392 e. The van der Waals surface area contributed by atoms with E-state index in [1.54, 1.807) is 0 Å². The summed E-state index contributed by atoms with van der Waals surface area (Å²) in [6.45, 7) is 11.1. The molecule has 1 heterocycles. The zero-order valence-electron chi connectivity index (χ0n) is 10.9. The van der Waals surface area contributed by atoms with Gasteiger partial charge in [0.25, 0.3) is 0 Å². The average Bonchev–Trinajstić information content (AvgIpc) is 2.18. The van der Waals surface area contributed by atoms with Gasteiger partial charge in [0, 0.05) is 44.8 Å². The fraction of sp³-hybridized carbons (Fsp3) is 1.00. The van der Waals surface area contributed by atoms with Gasteiger partial charge in [0.15, 0.2) is 0 Å². The third kappa shape index (κ3) is 4.37. The van der Waals surface area contributed by atoms with Crippen LogP contribution in [-0.4, -0.2) is 65.8 Å². The van der Waals surface area contributed by atoms with Crippen LogP contribution in [0.1, 0.15) is 27.2 Å². The smallest absolute Gasteiger partial charge is 0.0639 e. The van der Waals surface area contributed by atoms with Gasteiger partial charge in [-0.05, 0) is 20.3 Å². The number of aliphatic hydroxyl groups is 1. The van der Waals surface area contributed by atoms with Crippen molar-refractivity contribution in [2.75, 3.05) is 32.7 Å². The molecule has 4 heteroatoms. The maximum absolute atomic E-state index is 9.40. The van der Waals surface area contributed by atoms with Crippen LogP contribution in [0.4, 0.5) is 0 Å². The molecule has 0 aliphatic carbocycles. The Bertz CT molecular complexity index is 197. The van der Waals surface area contributed by atoms with Crippen molar-refractivity contribution in [3.63, 3.8) is 0 Å². The second-order valence-electron chi connectivity index (χ2n) is 5.14. The number of hydrogen-bond acceptors (Lipinski definition) is 4. The number of β-amino-alcohol motifs (C(OH)–C–C–N with tert-alkyl or cyclic N) is 1. The Morgan fingerprint density at radius 1 is 1.31 bits per heavy atom. The third-order valence-corrected chi connectivity index (χ3v) is 3.20. The molecule has 3 atom stereocenters. The lowest BCUT2D eigenvalue weighted by atomic mass is 10.1. The topological polar surface area (TPSA) is 52.7 Å². The van der Waals surface area contributed by atoms with E-state index in [0.717, 1.165) is 39.1 Å². The first-order valence-electron chi connectivity index (χ1n) is 6.43. The number of aliphatic hydroxyl groups excluding tert-OH is 1. The Hall–Kier alpha value is -0.160. The molecule has 96 valence electrons. The Balaban J connectivity index is 2.43. The molecule has 3 unspecified atom stereocenters. The number of hydrogen-bond donors (Lipinski definition) is 2. The summed E-state index contributed by atoms with van der Waals surface area (Å²) in [4.78, 5) is 4.85. The molecule has 3 N–H and O–H groups in total. The molecule has 1 rings (SSSR count). The van der Waals surface area contributed by atoms with Crippen molar-refractivity contribution in [1.29, 1.82) is 0 Å². The molecule has 0 saturated carbocycles. The minimum Gasteiger partial charge on any atom is -0.392 e. The lowest BCUT2D eigenvalue weighted by Crippen LogP contribution is -2.56. The molecule has 1 fully saturated rings. The molecule has 0 aromatic rings. The quantitative estimate of drug-likeness (QED) is 0.702. The van der Waals surface area contributed by atoms with Gasteiger partial charge in [-0.25, -0.2) is 0 Å². The van der Waals surface area contributed by atoms with Gasteiger partial charge in [0.05, 0.1) is 6.10 Å². The summed E-state index contributed by atoms with van der Waals surface area (Å²) in [5.74, 6) is 0. The Morgan fingerprint density at radius 2 is 2.00 bits per heavy atom. The third-order valence-electron chi connectivity index (χ3n) is 3.20. The second-order valence-corrected chi connectivity index (χ2v) is 5.14. The predicted octanol–water partition coefficient (Wildman–Crippen LogP) is 0.111. The number of rotatable bonds is 5. The number of nitrogens with two attached hydrogens (primary N) is 1. The van der Waals surface area contributed by atoms with Gasteiger partial charge in [0.1, 0.15) is 0 Å². The summed E-state index contributed by atoms with van der Waals surface area (Å²) in [6, 6.07) is 0.843. The Labute approximate surface area is 99.4 Å². The van der Waals surface area contributed by atoms with Crippen LogP contribution in [0.3, 0.4) is 0 Å². The van der Waals surface area contributed by atoms with E-state index in [4.69, 9.17) is 5.73 Å². The van der Waals surface area contributed by atoms with Crippen LogP contribution in [0.2, 0.25) is 0 Å². The summed E-state index contributed by atoms with van der Waals surface area (Å²) in [7, 11) is 0. The average molecular weight is 229 g/mol. The second kappa shape index (κ2) is 6.55. The van der Waals surface area contributed by atoms with Crippen molar-refractivity contribution in [2.24, 2.45) is 5.73 Å². The molecule has 0 bridgehead atoms. The van der Waals surface area contributed by atoms with E-state index < -0.39 is 0 Å². The SMILES string of the molecule is CCC1CN(CC(C)O)CCN1CC(C)N. The molecule has 0 spiro atoms. The Morgan fingerprint density at radius 3 is 2.50 bits per heavy atom. The minimum atomic E-state index is -0.225. The van der Waals surface area contributed by atoms with Crippen LogP contribution in [0, 0.1) is 0 Å². The monoisotopic (exact) mass is 229 g/mol. The maximum Gasteiger partial charge on any atom is 0.0639 e. The van der Waals surface area contributed by atoms with E-state index in [0.29, 0.717) is 6.04 Å². The minimum absolute atomic E-state index is 0.225. The highest BCUT2D eigenvalue weighted by molar-refractivity contribution is 4.83. The lowest BCUT2D eigenvalue weighted by Gasteiger charge is -2.42. The lowest BCUT2D eigenvalue weighted by molar-refractivity contribution is 0.0412. The molecule has 0 aromatic carbocycles. The summed E-state index contributed by atoms with van der Waals surface area (Å²) < 4.78 is 0. The molecular weight excluding hydrogens is 202 g/mol. The first kappa shape index (κ1) is 13.9. The van der Waals surface area contributed by atoms with Gasteiger partial charge >= 0.3 is 0 Å². The normalized spacial score (nSPS) is 27.9. The molecule has 1 aliphatic heterocycles. The van der Waals surface area contributed by atoms with E-state index in [9.17, 15) is 5.11 Å². The van der Waals surface area contributed by atoms with Crippen LogP contribution in [0.25, 0.3) is 0 Å². The first-order valence-corrected chi connectivity index (χ1v) is 6.43. The van der Waals surface area contributed by atoms with Crippen molar-refractivity contribution in [3.8, 4) is 0 Å². The summed E-state index contributed by atoms with van der Waals surface area (Å²) in [6.07, 6.45) is 0.931. The van der Waals surface area contributed by atoms with E-state index in [1.807, 2.05) is 6.92 Å². The van der Waals surface area contributed by atoms with Crippen LogP contribution in [-0.2, 0) is 0 Å². The highest BCUT2D eigenvalue weighted by atomic mass is 16.3. The Kier molecular flexibility index (Phi) is 5.69. The van der Waals surface area contributed by atoms with Crippen molar-refractivity contribution >= 4 is 0 Å². The van der Waals surface area contributed by atoms with E-state index >= 15 is 0 Å². The molecular formula is C12H27N3O. The van der Waals surface area contributed by atoms with Crippen LogP contribution < -0.4 is 5.73 Å². The zero-order valence-corrected chi connectivity index (χ0v) is 10.9. The van der Waals surface area contributed by atoms with Crippen LogP contribution in [0.15, 0.2) is 0 Å². The van der Waals surface area contributed by atoms with Crippen molar-refractivity contribution in [3.05, 3.63) is 0 Å². The summed E-state index contributed by atoms with van der Waals surface area (Å²) in [5, 5.41) is 9.40. The molecule has 1 aliphatic rings. The summed E-state index contributed by atoms with van der Waals surface area (Å²) >= 11 is 0. The molecule has 0 amide bonds. The van der Waals surface area contributed by atoms with Gasteiger partial charge in [-0.3, -0.25) is 9.80 Å². The first-order chi connectivity index (χ1) is 7.52.